The minimum atomic E-state index is 0.0511. The first kappa shape index (κ1) is 10.8. The van der Waals surface area contributed by atoms with Gasteiger partial charge in [-0.2, -0.15) is 0 Å². The summed E-state index contributed by atoms with van der Waals surface area (Å²) in [6.45, 7) is 5.61. The third-order valence-electron chi connectivity index (χ3n) is 2.56. The molecule has 0 fully saturated rings. The zero-order chi connectivity index (χ0) is 10.6. The quantitative estimate of drug-likeness (QED) is 0.792. The third-order valence-corrected chi connectivity index (χ3v) is 2.56. The van der Waals surface area contributed by atoms with Crippen molar-refractivity contribution in [3.05, 3.63) is 30.3 Å². The summed E-state index contributed by atoms with van der Waals surface area (Å²) < 4.78 is 0. The van der Waals surface area contributed by atoms with Gasteiger partial charge >= 0.3 is 0 Å². The number of anilines is 1. The molecule has 2 atom stereocenters. The van der Waals surface area contributed by atoms with Crippen molar-refractivity contribution in [2.75, 3.05) is 5.32 Å². The molecule has 2 nitrogen and oxygen atoms in total. The molecule has 14 heavy (non-hydrogen) atoms. The largest absolute Gasteiger partial charge is 0.382 e. The van der Waals surface area contributed by atoms with Crippen molar-refractivity contribution in [2.24, 2.45) is 5.92 Å². The van der Waals surface area contributed by atoms with Crippen LogP contribution in [0.25, 0.3) is 0 Å². The Morgan fingerprint density at radius 2 is 1.79 bits per heavy atom. The van der Waals surface area contributed by atoms with Gasteiger partial charge in [-0.25, -0.2) is 0 Å². The molecule has 0 saturated heterocycles. The van der Waals surface area contributed by atoms with Gasteiger partial charge in [0.1, 0.15) is 5.78 Å². The molecular weight excluding hydrogens is 174 g/mol. The molecule has 0 aliphatic heterocycles. The van der Waals surface area contributed by atoms with Gasteiger partial charge in [0, 0.05) is 17.6 Å². The van der Waals surface area contributed by atoms with Crippen LogP contribution in [0.15, 0.2) is 30.3 Å². The summed E-state index contributed by atoms with van der Waals surface area (Å²) >= 11 is 0. The van der Waals surface area contributed by atoms with E-state index in [1.807, 2.05) is 44.2 Å². The second-order valence-corrected chi connectivity index (χ2v) is 3.70. The highest BCUT2D eigenvalue weighted by Gasteiger charge is 2.15. The average molecular weight is 191 g/mol. The number of hydrogen-bond acceptors (Lipinski definition) is 2. The van der Waals surface area contributed by atoms with Crippen molar-refractivity contribution in [3.8, 4) is 0 Å². The fraction of sp³-hybridized carbons (Fsp3) is 0.417. The molecule has 0 heterocycles. The Morgan fingerprint density at radius 1 is 1.21 bits per heavy atom. The van der Waals surface area contributed by atoms with Crippen LogP contribution in [0, 0.1) is 5.92 Å². The third kappa shape index (κ3) is 2.87. The number of benzene rings is 1. The topological polar surface area (TPSA) is 29.1 Å². The highest BCUT2D eigenvalue weighted by Crippen LogP contribution is 2.12. The van der Waals surface area contributed by atoms with E-state index in [0.717, 1.165) is 5.69 Å². The predicted octanol–water partition coefficient (Wildman–Crippen LogP) is 2.71. The molecule has 0 saturated carbocycles. The van der Waals surface area contributed by atoms with E-state index in [4.69, 9.17) is 0 Å². The van der Waals surface area contributed by atoms with Gasteiger partial charge in [-0.1, -0.05) is 25.1 Å². The molecule has 1 aromatic rings. The van der Waals surface area contributed by atoms with Gasteiger partial charge in [-0.15, -0.1) is 0 Å². The molecule has 0 radical (unpaired) electrons. The summed E-state index contributed by atoms with van der Waals surface area (Å²) in [5.74, 6) is 0.274. The van der Waals surface area contributed by atoms with E-state index in [2.05, 4.69) is 5.32 Å². The number of carbonyl (C=O) groups excluding carboxylic acids is 1. The van der Waals surface area contributed by atoms with E-state index >= 15 is 0 Å². The second kappa shape index (κ2) is 4.80. The Labute approximate surface area is 85.3 Å². The van der Waals surface area contributed by atoms with Gasteiger partial charge in [0.25, 0.3) is 0 Å². The Balaban J connectivity index is 2.57. The number of hydrogen-bond donors (Lipinski definition) is 1. The first-order chi connectivity index (χ1) is 6.61. The molecule has 0 aliphatic carbocycles. The van der Waals surface area contributed by atoms with Gasteiger partial charge < -0.3 is 5.32 Å². The molecular formula is C12H17NO. The first-order valence-electron chi connectivity index (χ1n) is 4.93. The molecule has 0 bridgehead atoms. The number of rotatable bonds is 4. The fourth-order valence-electron chi connectivity index (χ4n) is 1.27. The van der Waals surface area contributed by atoms with Gasteiger partial charge in [0.2, 0.25) is 0 Å². The molecule has 76 valence electrons. The normalized spacial score (nSPS) is 14.5. The van der Waals surface area contributed by atoms with Crippen LogP contribution in [-0.2, 0) is 4.79 Å². The minimum absolute atomic E-state index is 0.0511. The minimum Gasteiger partial charge on any atom is -0.382 e. The lowest BCUT2D eigenvalue weighted by Crippen LogP contribution is -2.28. The van der Waals surface area contributed by atoms with E-state index in [0.29, 0.717) is 0 Å². The summed E-state index contributed by atoms with van der Waals surface area (Å²) in [5.41, 5.74) is 1.06. The number of Topliss-reactive ketones (excluding diaryl/α,β-unsaturated/α-hetero) is 1. The highest BCUT2D eigenvalue weighted by atomic mass is 16.1. The van der Waals surface area contributed by atoms with Crippen molar-refractivity contribution < 1.29 is 4.79 Å². The van der Waals surface area contributed by atoms with Crippen LogP contribution in [0.3, 0.4) is 0 Å². The summed E-state index contributed by atoms with van der Waals surface area (Å²) in [5, 5.41) is 3.30. The molecule has 0 aromatic heterocycles. The molecule has 0 spiro atoms. The van der Waals surface area contributed by atoms with E-state index in [1.165, 1.54) is 0 Å². The van der Waals surface area contributed by atoms with Gasteiger partial charge in [-0.05, 0) is 26.0 Å². The number of ketones is 1. The zero-order valence-electron chi connectivity index (χ0n) is 8.95. The molecule has 1 rings (SSSR count). The Kier molecular flexibility index (Phi) is 3.69. The molecule has 1 N–H and O–H groups in total. The lowest BCUT2D eigenvalue weighted by atomic mass is 9.99. The first-order valence-corrected chi connectivity index (χ1v) is 4.93. The summed E-state index contributed by atoms with van der Waals surface area (Å²) in [6, 6.07) is 10.1. The van der Waals surface area contributed by atoms with Crippen molar-refractivity contribution >= 4 is 11.5 Å². The average Bonchev–Trinajstić information content (AvgIpc) is 2.18. The number of nitrogens with one attached hydrogen (secondary N) is 1. The molecule has 1 aromatic carbocycles. The summed E-state index contributed by atoms with van der Waals surface area (Å²) in [4.78, 5) is 11.1. The van der Waals surface area contributed by atoms with Gasteiger partial charge in [0.05, 0.1) is 0 Å². The Bertz CT molecular complexity index is 294. The van der Waals surface area contributed by atoms with Gasteiger partial charge in [0.15, 0.2) is 0 Å². The van der Waals surface area contributed by atoms with E-state index in [1.54, 1.807) is 6.92 Å². The number of carbonyl (C=O) groups is 1. The van der Waals surface area contributed by atoms with Crippen LogP contribution in [0.2, 0.25) is 0 Å². The number of para-hydroxylation sites is 1. The molecule has 0 aliphatic rings. The van der Waals surface area contributed by atoms with Crippen molar-refractivity contribution in [1.29, 1.82) is 0 Å². The molecule has 2 heteroatoms. The van der Waals surface area contributed by atoms with Crippen LogP contribution in [0.5, 0.6) is 0 Å². The van der Waals surface area contributed by atoms with Crippen molar-refractivity contribution in [3.63, 3.8) is 0 Å². The standard InChI is InChI=1S/C12H17NO/c1-9(11(3)14)10(2)13-12-7-5-4-6-8-12/h4-10,13H,1-3H3. The highest BCUT2D eigenvalue weighted by molar-refractivity contribution is 5.79. The molecule has 2 unspecified atom stereocenters. The lowest BCUT2D eigenvalue weighted by molar-refractivity contribution is -0.120. The maximum absolute atomic E-state index is 11.1. The Morgan fingerprint density at radius 3 is 2.29 bits per heavy atom. The Hall–Kier alpha value is -1.31. The van der Waals surface area contributed by atoms with Crippen LogP contribution in [0.1, 0.15) is 20.8 Å². The lowest BCUT2D eigenvalue weighted by Gasteiger charge is -2.19. The second-order valence-electron chi connectivity index (χ2n) is 3.70. The van der Waals surface area contributed by atoms with Crippen LogP contribution in [-0.4, -0.2) is 11.8 Å². The zero-order valence-corrected chi connectivity index (χ0v) is 8.95. The van der Waals surface area contributed by atoms with Crippen molar-refractivity contribution in [2.45, 2.75) is 26.8 Å². The van der Waals surface area contributed by atoms with E-state index < -0.39 is 0 Å². The summed E-state index contributed by atoms with van der Waals surface area (Å²) in [6.07, 6.45) is 0. The van der Waals surface area contributed by atoms with E-state index in [9.17, 15) is 4.79 Å². The summed E-state index contributed by atoms with van der Waals surface area (Å²) in [7, 11) is 0. The molecule has 0 amide bonds. The smallest absolute Gasteiger partial charge is 0.134 e. The SMILES string of the molecule is CC(=O)C(C)C(C)Nc1ccccc1. The monoisotopic (exact) mass is 191 g/mol. The maximum atomic E-state index is 11.1. The maximum Gasteiger partial charge on any atom is 0.134 e. The fourth-order valence-corrected chi connectivity index (χ4v) is 1.27. The predicted molar refractivity (Wildman–Crippen MR) is 59.4 cm³/mol. The van der Waals surface area contributed by atoms with Gasteiger partial charge in [-0.3, -0.25) is 4.79 Å². The van der Waals surface area contributed by atoms with Crippen molar-refractivity contribution in [1.82, 2.24) is 0 Å². The van der Waals surface area contributed by atoms with Crippen LogP contribution >= 0.6 is 0 Å². The van der Waals surface area contributed by atoms with Crippen LogP contribution in [0.4, 0.5) is 5.69 Å². The van der Waals surface area contributed by atoms with Crippen LogP contribution < -0.4 is 5.32 Å². The van der Waals surface area contributed by atoms with E-state index in [-0.39, 0.29) is 17.7 Å².